The number of aromatic nitrogens is 1. The summed E-state index contributed by atoms with van der Waals surface area (Å²) >= 11 is 1.44. The number of nitrogens with zero attached hydrogens (tertiary/aromatic N) is 1. The third kappa shape index (κ3) is 2.65. The number of hydrogen-bond acceptors (Lipinski definition) is 6. The maximum atomic E-state index is 11.4. The van der Waals surface area contributed by atoms with Gasteiger partial charge in [-0.25, -0.2) is 9.78 Å². The van der Waals surface area contributed by atoms with Crippen LogP contribution in [0.3, 0.4) is 0 Å². The number of ether oxygens (including phenoxy) is 1. The van der Waals surface area contributed by atoms with E-state index < -0.39 is 5.97 Å². The van der Waals surface area contributed by atoms with E-state index in [1.165, 1.54) is 25.1 Å². The number of rotatable bonds is 4. The van der Waals surface area contributed by atoms with Crippen molar-refractivity contribution in [1.82, 2.24) is 4.98 Å². The van der Waals surface area contributed by atoms with Crippen molar-refractivity contribution >= 4 is 23.4 Å². The lowest BCUT2D eigenvalue weighted by Crippen LogP contribution is -2.02. The number of anilines is 1. The fourth-order valence-electron chi connectivity index (χ4n) is 1.39. The fraction of sp³-hybridized carbons (Fsp3) is 0.167. The molecular weight excluding hydrogens is 252 g/mol. The molecule has 94 valence electrons. The number of nitrogens with two attached hydrogens (primary N) is 1. The lowest BCUT2D eigenvalue weighted by molar-refractivity contribution is 0.0564. The van der Waals surface area contributed by atoms with Crippen LogP contribution in [0, 0.1) is 0 Å². The topological polar surface area (TPSA) is 78.3 Å². The lowest BCUT2D eigenvalue weighted by atomic mass is 10.3. The summed E-state index contributed by atoms with van der Waals surface area (Å²) < 4.78 is 9.73. The van der Waals surface area contributed by atoms with E-state index in [4.69, 9.17) is 10.2 Å². The molecule has 2 N–H and O–H groups in total. The summed E-state index contributed by atoms with van der Waals surface area (Å²) in [6, 6.07) is 5.29. The fourth-order valence-corrected chi connectivity index (χ4v) is 2.28. The molecule has 2 heterocycles. The zero-order valence-corrected chi connectivity index (χ0v) is 10.6. The third-order valence-electron chi connectivity index (χ3n) is 2.28. The molecule has 0 saturated carbocycles. The van der Waals surface area contributed by atoms with Crippen LogP contribution in [0.5, 0.6) is 0 Å². The van der Waals surface area contributed by atoms with Gasteiger partial charge in [0.25, 0.3) is 0 Å². The Bertz CT molecular complexity index is 554. The summed E-state index contributed by atoms with van der Waals surface area (Å²) in [6.07, 6.45) is 3.14. The minimum Gasteiger partial charge on any atom is -0.463 e. The van der Waals surface area contributed by atoms with E-state index in [0.717, 1.165) is 10.6 Å². The number of furan rings is 1. The molecule has 0 amide bonds. The number of nitrogen functional groups attached to an aromatic ring is 1. The number of carbonyl (C=O) groups excluding carboxylic acids is 1. The number of hydrogen-bond donors (Lipinski definition) is 1. The van der Waals surface area contributed by atoms with Gasteiger partial charge in [-0.2, -0.15) is 0 Å². The molecule has 0 spiro atoms. The van der Waals surface area contributed by atoms with Gasteiger partial charge in [0, 0.05) is 17.5 Å². The molecule has 6 heteroatoms. The number of methoxy groups -OCH3 is 1. The van der Waals surface area contributed by atoms with Crippen LogP contribution < -0.4 is 5.73 Å². The highest BCUT2D eigenvalue weighted by Crippen LogP contribution is 2.27. The predicted octanol–water partition coefficient (Wildman–Crippen LogP) is 2.34. The predicted molar refractivity (Wildman–Crippen MR) is 68.3 cm³/mol. The van der Waals surface area contributed by atoms with Crippen LogP contribution in [0.1, 0.15) is 16.1 Å². The quantitative estimate of drug-likeness (QED) is 0.674. The second kappa shape index (κ2) is 5.59. The van der Waals surface area contributed by atoms with Crippen molar-refractivity contribution in [2.45, 2.75) is 10.8 Å². The first-order valence-corrected chi connectivity index (χ1v) is 6.19. The van der Waals surface area contributed by atoms with Crippen molar-refractivity contribution in [3.05, 3.63) is 42.0 Å². The first-order valence-electron chi connectivity index (χ1n) is 5.20. The molecule has 2 aromatic rings. The average molecular weight is 264 g/mol. The Balaban J connectivity index is 2.09. The van der Waals surface area contributed by atoms with Crippen molar-refractivity contribution in [2.24, 2.45) is 0 Å². The normalized spacial score (nSPS) is 10.3. The summed E-state index contributed by atoms with van der Waals surface area (Å²) in [6.45, 7) is 0. The van der Waals surface area contributed by atoms with Crippen molar-refractivity contribution < 1.29 is 13.9 Å². The Hall–Kier alpha value is -1.95. The molecule has 0 saturated heterocycles. The Kier molecular flexibility index (Phi) is 3.88. The van der Waals surface area contributed by atoms with E-state index in [9.17, 15) is 4.79 Å². The number of carbonyl (C=O) groups is 1. The van der Waals surface area contributed by atoms with Gasteiger partial charge in [-0.05, 0) is 18.2 Å². The largest absolute Gasteiger partial charge is 0.463 e. The van der Waals surface area contributed by atoms with Crippen LogP contribution in [-0.4, -0.2) is 18.1 Å². The smallest absolute Gasteiger partial charge is 0.374 e. The van der Waals surface area contributed by atoms with Gasteiger partial charge in [0.2, 0.25) is 5.76 Å². The zero-order chi connectivity index (χ0) is 13.0. The molecule has 0 radical (unpaired) electrons. The molecule has 0 aromatic carbocycles. The summed E-state index contributed by atoms with van der Waals surface area (Å²) in [5.74, 6) is 0.284. The molecule has 0 fully saturated rings. The van der Waals surface area contributed by atoms with Crippen molar-refractivity contribution in [2.75, 3.05) is 12.8 Å². The molecule has 2 aromatic heterocycles. The zero-order valence-electron chi connectivity index (χ0n) is 9.75. The van der Waals surface area contributed by atoms with Crippen molar-refractivity contribution in [3.8, 4) is 0 Å². The minimum atomic E-state index is -0.482. The first-order chi connectivity index (χ1) is 8.72. The summed E-state index contributed by atoms with van der Waals surface area (Å²) in [7, 11) is 1.32. The van der Waals surface area contributed by atoms with Crippen molar-refractivity contribution in [1.29, 1.82) is 0 Å². The van der Waals surface area contributed by atoms with E-state index in [-0.39, 0.29) is 5.76 Å². The molecule has 0 aliphatic rings. The van der Waals surface area contributed by atoms with Crippen LogP contribution in [0.2, 0.25) is 0 Å². The highest BCUT2D eigenvalue weighted by atomic mass is 32.2. The van der Waals surface area contributed by atoms with E-state index in [2.05, 4.69) is 9.72 Å². The standard InChI is InChI=1S/C12H12N2O3S/c1-16-12(15)10-8(4-6-17-10)7-18-11-9(13)3-2-5-14-11/h2-6H,7,13H2,1H3. The van der Waals surface area contributed by atoms with Gasteiger partial charge in [-0.3, -0.25) is 0 Å². The van der Waals surface area contributed by atoms with Crippen molar-refractivity contribution in [3.63, 3.8) is 0 Å². The molecule has 0 unspecified atom stereocenters. The number of thioether (sulfide) groups is 1. The van der Waals surface area contributed by atoms with Gasteiger partial charge < -0.3 is 14.9 Å². The summed E-state index contributed by atoms with van der Waals surface area (Å²) in [4.78, 5) is 15.6. The van der Waals surface area contributed by atoms with Crippen LogP contribution in [0.4, 0.5) is 5.69 Å². The SMILES string of the molecule is COC(=O)c1occc1CSc1ncccc1N. The first kappa shape index (κ1) is 12.5. The van der Waals surface area contributed by atoms with Crippen LogP contribution in [0.25, 0.3) is 0 Å². The Morgan fingerprint density at radius 3 is 3.11 bits per heavy atom. The van der Waals surface area contributed by atoms with Gasteiger partial charge in [0.15, 0.2) is 0 Å². The molecule has 5 nitrogen and oxygen atoms in total. The van der Waals surface area contributed by atoms with Gasteiger partial charge in [0.1, 0.15) is 5.03 Å². The molecular formula is C12H12N2O3S. The van der Waals surface area contributed by atoms with E-state index in [1.54, 1.807) is 24.4 Å². The highest BCUT2D eigenvalue weighted by Gasteiger charge is 2.16. The Morgan fingerprint density at radius 1 is 1.56 bits per heavy atom. The Labute approximate surface area is 108 Å². The van der Waals surface area contributed by atoms with Crippen LogP contribution >= 0.6 is 11.8 Å². The number of esters is 1. The minimum absolute atomic E-state index is 0.222. The molecule has 18 heavy (non-hydrogen) atoms. The van der Waals surface area contributed by atoms with Crippen LogP contribution in [-0.2, 0) is 10.5 Å². The van der Waals surface area contributed by atoms with Gasteiger partial charge in [-0.1, -0.05) is 11.8 Å². The maximum absolute atomic E-state index is 11.4. The monoisotopic (exact) mass is 264 g/mol. The molecule has 0 atom stereocenters. The second-order valence-corrected chi connectivity index (χ2v) is 4.42. The lowest BCUT2D eigenvalue weighted by Gasteiger charge is -2.03. The third-order valence-corrected chi connectivity index (χ3v) is 3.35. The molecule has 0 bridgehead atoms. The average Bonchev–Trinajstić information content (AvgIpc) is 2.85. The van der Waals surface area contributed by atoms with Gasteiger partial charge >= 0.3 is 5.97 Å². The maximum Gasteiger partial charge on any atom is 0.374 e. The second-order valence-electron chi connectivity index (χ2n) is 3.45. The number of pyridine rings is 1. The van der Waals surface area contributed by atoms with E-state index >= 15 is 0 Å². The van der Waals surface area contributed by atoms with Crippen LogP contribution in [0.15, 0.2) is 40.1 Å². The highest BCUT2D eigenvalue weighted by molar-refractivity contribution is 7.98. The van der Waals surface area contributed by atoms with Gasteiger partial charge in [-0.15, -0.1) is 0 Å². The molecule has 0 aliphatic heterocycles. The molecule has 0 aliphatic carbocycles. The Morgan fingerprint density at radius 2 is 2.39 bits per heavy atom. The van der Waals surface area contributed by atoms with E-state index in [1.807, 2.05) is 0 Å². The summed E-state index contributed by atoms with van der Waals surface area (Å²) in [5.41, 5.74) is 7.16. The van der Waals surface area contributed by atoms with E-state index in [0.29, 0.717) is 11.4 Å². The van der Waals surface area contributed by atoms with Gasteiger partial charge in [0.05, 0.1) is 19.1 Å². The summed E-state index contributed by atoms with van der Waals surface area (Å²) in [5, 5.41) is 0.731. The molecule has 2 rings (SSSR count).